The van der Waals surface area contributed by atoms with Gasteiger partial charge in [-0.2, -0.15) is 0 Å². The van der Waals surface area contributed by atoms with Gasteiger partial charge in [-0.3, -0.25) is 4.79 Å². The second-order valence-corrected chi connectivity index (χ2v) is 7.82. The number of fused-ring (bicyclic) bond motifs is 1. The number of halogens is 1. The second kappa shape index (κ2) is 8.76. The average Bonchev–Trinajstić information content (AvgIpc) is 2.79. The molecule has 0 spiro atoms. The number of methoxy groups -OCH3 is 1. The first-order valence-electron chi connectivity index (χ1n) is 10.3. The predicted octanol–water partition coefficient (Wildman–Crippen LogP) is 5.23. The maximum absolute atomic E-state index is 14.3. The molecular weight excluding hydrogens is 397 g/mol. The molecule has 160 valence electrons. The number of nitrogens with zero attached hydrogens (tertiary/aromatic N) is 1. The molecule has 3 aromatic rings. The summed E-state index contributed by atoms with van der Waals surface area (Å²) in [6.07, 6.45) is 1.84. The van der Waals surface area contributed by atoms with Crippen molar-refractivity contribution in [3.63, 3.8) is 0 Å². The molecule has 1 aliphatic rings. The molecule has 4 rings (SSSR count). The van der Waals surface area contributed by atoms with Gasteiger partial charge in [-0.05, 0) is 48.2 Å². The fraction of sp³-hybridized carbons (Fsp3) is 0.280. The number of pyridine rings is 1. The van der Waals surface area contributed by atoms with Crippen molar-refractivity contribution in [2.45, 2.75) is 32.3 Å². The van der Waals surface area contributed by atoms with Crippen molar-refractivity contribution < 1.29 is 23.8 Å². The van der Waals surface area contributed by atoms with Gasteiger partial charge in [0.25, 0.3) is 0 Å². The first-order chi connectivity index (χ1) is 14.9. The van der Waals surface area contributed by atoms with Crippen molar-refractivity contribution in [2.75, 3.05) is 7.11 Å². The summed E-state index contributed by atoms with van der Waals surface area (Å²) in [6, 6.07) is 16.2. The number of aliphatic carboxylic acids is 1. The number of carboxylic acid groups (broad SMARTS) is 1. The monoisotopic (exact) mass is 421 g/mol. The third-order valence-corrected chi connectivity index (χ3v) is 5.63. The summed E-state index contributed by atoms with van der Waals surface area (Å²) in [7, 11) is 1.56. The summed E-state index contributed by atoms with van der Waals surface area (Å²) in [5.41, 5.74) is 3.97. The zero-order valence-electron chi connectivity index (χ0n) is 17.5. The summed E-state index contributed by atoms with van der Waals surface area (Å²) in [5.74, 6) is -0.481. The molecule has 2 aromatic carbocycles. The number of rotatable bonds is 6. The highest BCUT2D eigenvalue weighted by atomic mass is 19.1. The number of carbonyl (C=O) groups is 1. The minimum Gasteiger partial charge on any atom is -0.497 e. The van der Waals surface area contributed by atoms with E-state index in [4.69, 9.17) is 14.6 Å². The summed E-state index contributed by atoms with van der Waals surface area (Å²) >= 11 is 0. The number of aromatic nitrogens is 1. The number of benzene rings is 2. The van der Waals surface area contributed by atoms with Crippen molar-refractivity contribution in [1.29, 1.82) is 0 Å². The minimum absolute atomic E-state index is 0.156. The van der Waals surface area contributed by atoms with Gasteiger partial charge in [0.05, 0.1) is 13.0 Å². The fourth-order valence-electron chi connectivity index (χ4n) is 3.76. The van der Waals surface area contributed by atoms with Crippen LogP contribution in [0.15, 0.2) is 54.6 Å². The topological polar surface area (TPSA) is 68.7 Å². The van der Waals surface area contributed by atoms with Crippen molar-refractivity contribution >= 4 is 5.97 Å². The van der Waals surface area contributed by atoms with Crippen molar-refractivity contribution in [3.8, 4) is 22.8 Å². The summed E-state index contributed by atoms with van der Waals surface area (Å²) < 4.78 is 25.6. The summed E-state index contributed by atoms with van der Waals surface area (Å²) in [5, 5.41) is 9.13. The molecule has 1 aliphatic heterocycles. The lowest BCUT2D eigenvalue weighted by Crippen LogP contribution is -2.18. The van der Waals surface area contributed by atoms with E-state index >= 15 is 0 Å². The van der Waals surface area contributed by atoms with E-state index in [9.17, 15) is 9.18 Å². The highest BCUT2D eigenvalue weighted by Crippen LogP contribution is 2.35. The molecule has 5 nitrogen and oxygen atoms in total. The number of carboxylic acids is 1. The van der Waals surface area contributed by atoms with Gasteiger partial charge in [-0.1, -0.05) is 37.3 Å². The minimum atomic E-state index is -0.842. The smallest absolute Gasteiger partial charge is 0.306 e. The van der Waals surface area contributed by atoms with Crippen molar-refractivity contribution in [2.24, 2.45) is 5.92 Å². The lowest BCUT2D eigenvalue weighted by molar-refractivity contribution is -0.141. The SMILES string of the molecule is COc1ccc(F)c(-c2ccc(C3CCc4ccc(CC(C)C(=O)O)nc4O3)cc2)c1. The van der Waals surface area contributed by atoms with Gasteiger partial charge in [0.1, 0.15) is 17.7 Å². The molecule has 0 saturated carbocycles. The van der Waals surface area contributed by atoms with E-state index in [-0.39, 0.29) is 11.9 Å². The van der Waals surface area contributed by atoms with Gasteiger partial charge in [-0.25, -0.2) is 9.37 Å². The zero-order chi connectivity index (χ0) is 22.0. The van der Waals surface area contributed by atoms with Gasteiger partial charge in [0.15, 0.2) is 0 Å². The number of hydrogen-bond acceptors (Lipinski definition) is 4. The van der Waals surface area contributed by atoms with Gasteiger partial charge in [0.2, 0.25) is 5.88 Å². The fourth-order valence-corrected chi connectivity index (χ4v) is 3.76. The lowest BCUT2D eigenvalue weighted by atomic mass is 9.96. The van der Waals surface area contributed by atoms with E-state index < -0.39 is 11.9 Å². The van der Waals surface area contributed by atoms with Crippen LogP contribution >= 0.6 is 0 Å². The van der Waals surface area contributed by atoms with Gasteiger partial charge in [0, 0.05) is 23.2 Å². The molecule has 1 N–H and O–H groups in total. The van der Waals surface area contributed by atoms with Crippen LogP contribution in [0.25, 0.3) is 11.1 Å². The van der Waals surface area contributed by atoms with Crippen molar-refractivity contribution in [1.82, 2.24) is 4.98 Å². The summed E-state index contributed by atoms with van der Waals surface area (Å²) in [4.78, 5) is 15.7. The molecule has 6 heteroatoms. The van der Waals surface area contributed by atoms with E-state index in [1.807, 2.05) is 36.4 Å². The molecule has 31 heavy (non-hydrogen) atoms. The molecule has 2 heterocycles. The molecule has 0 amide bonds. The third-order valence-electron chi connectivity index (χ3n) is 5.63. The van der Waals surface area contributed by atoms with E-state index in [0.29, 0.717) is 29.3 Å². The highest BCUT2D eigenvalue weighted by molar-refractivity contribution is 5.69. The molecule has 0 fully saturated rings. The van der Waals surface area contributed by atoms with E-state index in [1.165, 1.54) is 6.07 Å². The van der Waals surface area contributed by atoms with E-state index in [0.717, 1.165) is 29.5 Å². The van der Waals surface area contributed by atoms with E-state index in [2.05, 4.69) is 4.98 Å². The maximum Gasteiger partial charge on any atom is 0.306 e. The van der Waals surface area contributed by atoms with Crippen LogP contribution in [0.1, 0.15) is 36.3 Å². The first-order valence-corrected chi connectivity index (χ1v) is 10.3. The molecule has 0 radical (unpaired) electrons. The Labute approximate surface area is 180 Å². The van der Waals surface area contributed by atoms with Crippen LogP contribution in [0.5, 0.6) is 11.6 Å². The predicted molar refractivity (Wildman–Crippen MR) is 115 cm³/mol. The molecule has 1 aromatic heterocycles. The van der Waals surface area contributed by atoms with Gasteiger partial charge in [-0.15, -0.1) is 0 Å². The third kappa shape index (κ3) is 4.53. The quantitative estimate of drug-likeness (QED) is 0.591. The number of hydrogen-bond donors (Lipinski definition) is 1. The Morgan fingerprint density at radius 1 is 1.23 bits per heavy atom. The molecular formula is C25H24FNO4. The van der Waals surface area contributed by atoms with Crippen LogP contribution < -0.4 is 9.47 Å². The number of ether oxygens (including phenoxy) is 2. The van der Waals surface area contributed by atoms with Crippen LogP contribution in [-0.2, 0) is 17.6 Å². The molecule has 0 saturated heterocycles. The Morgan fingerprint density at radius 3 is 2.71 bits per heavy atom. The standard InChI is InChI=1S/C25H24FNO4/c1-15(25(28)29)13-19-9-7-18-8-12-23(31-24(18)27-19)17-5-3-16(4-6-17)21-14-20(30-2)10-11-22(21)26/h3-7,9-11,14-15,23H,8,12-13H2,1-2H3,(H,28,29). The van der Waals surface area contributed by atoms with Crippen LogP contribution in [0.3, 0.4) is 0 Å². The van der Waals surface area contributed by atoms with Crippen LogP contribution in [0.2, 0.25) is 0 Å². The average molecular weight is 421 g/mol. The normalized spacial score (nSPS) is 16.2. The first kappa shape index (κ1) is 20.8. The second-order valence-electron chi connectivity index (χ2n) is 7.82. The summed E-state index contributed by atoms with van der Waals surface area (Å²) in [6.45, 7) is 1.67. The maximum atomic E-state index is 14.3. The van der Waals surface area contributed by atoms with Gasteiger partial charge < -0.3 is 14.6 Å². The Morgan fingerprint density at radius 2 is 2.00 bits per heavy atom. The highest BCUT2D eigenvalue weighted by Gasteiger charge is 2.23. The molecule has 2 unspecified atom stereocenters. The van der Waals surface area contributed by atoms with Crippen LogP contribution in [-0.4, -0.2) is 23.2 Å². The Hall–Kier alpha value is -3.41. The molecule has 0 bridgehead atoms. The van der Waals surface area contributed by atoms with Crippen LogP contribution in [0.4, 0.5) is 4.39 Å². The zero-order valence-corrected chi connectivity index (χ0v) is 17.5. The van der Waals surface area contributed by atoms with Gasteiger partial charge >= 0.3 is 5.97 Å². The molecule has 2 atom stereocenters. The largest absolute Gasteiger partial charge is 0.497 e. The van der Waals surface area contributed by atoms with Crippen molar-refractivity contribution in [3.05, 3.63) is 77.2 Å². The molecule has 0 aliphatic carbocycles. The number of aryl methyl sites for hydroxylation is 1. The Bertz CT molecular complexity index is 1100. The Kier molecular flexibility index (Phi) is 5.89. The lowest BCUT2D eigenvalue weighted by Gasteiger charge is -2.26. The van der Waals surface area contributed by atoms with Crippen LogP contribution in [0, 0.1) is 11.7 Å². The Balaban J connectivity index is 1.52. The van der Waals surface area contributed by atoms with E-state index in [1.54, 1.807) is 26.2 Å².